The second-order valence-electron chi connectivity index (χ2n) is 7.93. The van der Waals surface area contributed by atoms with Gasteiger partial charge in [-0.2, -0.15) is 5.10 Å². The van der Waals surface area contributed by atoms with Crippen LogP contribution in [0, 0.1) is 5.92 Å². The summed E-state index contributed by atoms with van der Waals surface area (Å²) in [4.78, 5) is 30.9. The van der Waals surface area contributed by atoms with E-state index in [0.29, 0.717) is 18.9 Å². The van der Waals surface area contributed by atoms with Crippen molar-refractivity contribution in [3.05, 3.63) is 48.3 Å². The molecule has 2 heterocycles. The van der Waals surface area contributed by atoms with Crippen molar-refractivity contribution in [2.75, 3.05) is 32.0 Å². The van der Waals surface area contributed by atoms with Crippen molar-refractivity contribution in [1.82, 2.24) is 25.3 Å². The molecule has 0 spiro atoms. The van der Waals surface area contributed by atoms with E-state index in [9.17, 15) is 9.59 Å². The SMILES string of the molecule is CCNC(=NCc1cccc(NC(=O)Cn2cccn2)c1)N1CCC(CC(=O)NC)CC1.I. The number of nitrogens with zero attached hydrogens (tertiary/aromatic N) is 4. The molecule has 1 saturated heterocycles. The van der Waals surface area contributed by atoms with Crippen LogP contribution in [0.5, 0.6) is 0 Å². The maximum absolute atomic E-state index is 12.2. The summed E-state index contributed by atoms with van der Waals surface area (Å²) in [5.74, 6) is 1.30. The molecule has 0 atom stereocenters. The summed E-state index contributed by atoms with van der Waals surface area (Å²) in [6.45, 7) is 5.32. The van der Waals surface area contributed by atoms with Crippen molar-refractivity contribution in [3.8, 4) is 0 Å². The second kappa shape index (κ2) is 13.8. The molecule has 2 aromatic rings. The monoisotopic (exact) mass is 567 g/mol. The van der Waals surface area contributed by atoms with Gasteiger partial charge in [-0.25, -0.2) is 4.99 Å². The Bertz CT molecular complexity index is 909. The molecule has 180 valence electrons. The fourth-order valence-corrected chi connectivity index (χ4v) is 3.79. The molecular weight excluding hydrogens is 533 g/mol. The molecule has 10 heteroatoms. The van der Waals surface area contributed by atoms with Crippen LogP contribution in [0.3, 0.4) is 0 Å². The van der Waals surface area contributed by atoms with E-state index < -0.39 is 0 Å². The molecule has 3 N–H and O–H groups in total. The van der Waals surface area contributed by atoms with Gasteiger partial charge in [-0.3, -0.25) is 14.3 Å². The van der Waals surface area contributed by atoms with E-state index in [0.717, 1.165) is 49.7 Å². The Hall–Kier alpha value is -2.63. The Labute approximate surface area is 212 Å². The normalized spacial score (nSPS) is 14.4. The van der Waals surface area contributed by atoms with E-state index >= 15 is 0 Å². The molecule has 0 bridgehead atoms. The van der Waals surface area contributed by atoms with Crippen LogP contribution in [-0.4, -0.2) is 59.1 Å². The number of likely N-dealkylation sites (tertiary alicyclic amines) is 1. The van der Waals surface area contributed by atoms with Gasteiger partial charge in [0.05, 0.1) is 6.54 Å². The summed E-state index contributed by atoms with van der Waals surface area (Å²) in [6, 6.07) is 9.54. The smallest absolute Gasteiger partial charge is 0.246 e. The third-order valence-corrected chi connectivity index (χ3v) is 5.49. The lowest BCUT2D eigenvalue weighted by Gasteiger charge is -2.34. The number of anilines is 1. The van der Waals surface area contributed by atoms with Crippen molar-refractivity contribution in [2.45, 2.75) is 39.3 Å². The zero-order valence-electron chi connectivity index (χ0n) is 19.3. The van der Waals surface area contributed by atoms with Gasteiger partial charge in [-0.15, -0.1) is 24.0 Å². The van der Waals surface area contributed by atoms with Crippen LogP contribution in [0.25, 0.3) is 0 Å². The number of nitrogens with one attached hydrogen (secondary N) is 3. The number of aromatic nitrogens is 2. The molecule has 1 aliphatic rings. The predicted octanol–water partition coefficient (Wildman–Crippen LogP) is 2.45. The maximum Gasteiger partial charge on any atom is 0.246 e. The Kier molecular flexibility index (Phi) is 11.1. The third-order valence-electron chi connectivity index (χ3n) is 5.49. The van der Waals surface area contributed by atoms with E-state index in [1.165, 1.54) is 0 Å². The number of piperidine rings is 1. The molecule has 33 heavy (non-hydrogen) atoms. The zero-order valence-corrected chi connectivity index (χ0v) is 21.6. The average Bonchev–Trinajstić information content (AvgIpc) is 3.30. The Balaban J connectivity index is 0.00000385. The van der Waals surface area contributed by atoms with Crippen LogP contribution >= 0.6 is 24.0 Å². The van der Waals surface area contributed by atoms with Crippen molar-refractivity contribution in [2.24, 2.45) is 10.9 Å². The minimum atomic E-state index is -0.123. The van der Waals surface area contributed by atoms with Crippen LogP contribution in [0.4, 0.5) is 5.69 Å². The maximum atomic E-state index is 12.2. The van der Waals surface area contributed by atoms with Gasteiger partial charge in [0, 0.05) is 51.2 Å². The Morgan fingerprint density at radius 3 is 2.64 bits per heavy atom. The Morgan fingerprint density at radius 2 is 1.97 bits per heavy atom. The fraction of sp³-hybridized carbons (Fsp3) is 0.478. The second-order valence-corrected chi connectivity index (χ2v) is 7.93. The first-order valence-corrected chi connectivity index (χ1v) is 11.2. The number of amides is 2. The van der Waals surface area contributed by atoms with E-state index in [4.69, 9.17) is 4.99 Å². The number of benzene rings is 1. The summed E-state index contributed by atoms with van der Waals surface area (Å²) in [5.41, 5.74) is 1.77. The largest absolute Gasteiger partial charge is 0.359 e. The quantitative estimate of drug-likeness (QED) is 0.259. The van der Waals surface area contributed by atoms with Crippen LogP contribution in [-0.2, 0) is 22.7 Å². The lowest BCUT2D eigenvalue weighted by molar-refractivity contribution is -0.121. The average molecular weight is 567 g/mol. The first kappa shape index (κ1) is 26.6. The summed E-state index contributed by atoms with van der Waals surface area (Å²) in [7, 11) is 1.69. The lowest BCUT2D eigenvalue weighted by Crippen LogP contribution is -2.46. The molecule has 1 fully saturated rings. The highest BCUT2D eigenvalue weighted by Crippen LogP contribution is 2.20. The van der Waals surface area contributed by atoms with Gasteiger partial charge >= 0.3 is 0 Å². The molecule has 0 unspecified atom stereocenters. The zero-order chi connectivity index (χ0) is 22.8. The fourth-order valence-electron chi connectivity index (χ4n) is 3.79. The number of halogens is 1. The topological polar surface area (TPSA) is 104 Å². The number of guanidine groups is 1. The van der Waals surface area contributed by atoms with Crippen molar-refractivity contribution < 1.29 is 9.59 Å². The van der Waals surface area contributed by atoms with Crippen LogP contribution in [0.1, 0.15) is 31.7 Å². The molecular formula is C23H34IN7O2. The standard InChI is InChI=1S/C23H33N7O2.HI/c1-3-25-23(29-12-8-18(9-13-29)15-21(31)24-2)26-16-19-6-4-7-20(14-19)28-22(32)17-30-11-5-10-27-30;/h4-7,10-11,14,18H,3,8-9,12-13,15-17H2,1-2H3,(H,24,31)(H,25,26)(H,28,32);1H. The predicted molar refractivity (Wildman–Crippen MR) is 141 cm³/mol. The highest BCUT2D eigenvalue weighted by atomic mass is 127. The van der Waals surface area contributed by atoms with Gasteiger partial charge in [0.15, 0.2) is 5.96 Å². The minimum absolute atomic E-state index is 0. The van der Waals surface area contributed by atoms with Gasteiger partial charge in [-0.05, 0) is 49.4 Å². The summed E-state index contributed by atoms with van der Waals surface area (Å²) in [5, 5.41) is 13.1. The van der Waals surface area contributed by atoms with E-state index in [2.05, 4.69) is 32.9 Å². The van der Waals surface area contributed by atoms with Crippen molar-refractivity contribution in [1.29, 1.82) is 0 Å². The van der Waals surface area contributed by atoms with Crippen LogP contribution in [0.2, 0.25) is 0 Å². The van der Waals surface area contributed by atoms with Gasteiger partial charge < -0.3 is 20.9 Å². The molecule has 1 aromatic heterocycles. The summed E-state index contributed by atoms with van der Waals surface area (Å²) >= 11 is 0. The number of carbonyl (C=O) groups excluding carboxylic acids is 2. The first-order valence-electron chi connectivity index (χ1n) is 11.2. The number of rotatable bonds is 8. The molecule has 1 aliphatic heterocycles. The lowest BCUT2D eigenvalue weighted by atomic mass is 9.93. The molecule has 9 nitrogen and oxygen atoms in total. The highest BCUT2D eigenvalue weighted by molar-refractivity contribution is 14.0. The number of hydrogen-bond donors (Lipinski definition) is 3. The van der Waals surface area contributed by atoms with Gasteiger partial charge in [-0.1, -0.05) is 12.1 Å². The highest BCUT2D eigenvalue weighted by Gasteiger charge is 2.23. The van der Waals surface area contributed by atoms with E-state index in [1.54, 1.807) is 30.2 Å². The molecule has 0 radical (unpaired) electrons. The number of aliphatic imine (C=N–C) groups is 1. The molecule has 1 aromatic carbocycles. The van der Waals surface area contributed by atoms with Gasteiger partial charge in [0.2, 0.25) is 11.8 Å². The van der Waals surface area contributed by atoms with Crippen molar-refractivity contribution in [3.63, 3.8) is 0 Å². The summed E-state index contributed by atoms with van der Waals surface area (Å²) in [6.07, 6.45) is 5.97. The number of carbonyl (C=O) groups is 2. The van der Waals surface area contributed by atoms with Crippen LogP contribution < -0.4 is 16.0 Å². The summed E-state index contributed by atoms with van der Waals surface area (Å²) < 4.78 is 1.59. The van der Waals surface area contributed by atoms with Crippen molar-refractivity contribution >= 4 is 47.4 Å². The molecule has 3 rings (SSSR count). The first-order chi connectivity index (χ1) is 15.6. The molecule has 2 amide bonds. The van der Waals surface area contributed by atoms with Gasteiger partial charge in [0.1, 0.15) is 6.54 Å². The Morgan fingerprint density at radius 1 is 1.18 bits per heavy atom. The van der Waals surface area contributed by atoms with E-state index in [-0.39, 0.29) is 42.3 Å². The molecule has 0 aliphatic carbocycles. The van der Waals surface area contributed by atoms with Crippen LogP contribution in [0.15, 0.2) is 47.7 Å². The van der Waals surface area contributed by atoms with Gasteiger partial charge in [0.25, 0.3) is 0 Å². The minimum Gasteiger partial charge on any atom is -0.359 e. The van der Waals surface area contributed by atoms with E-state index in [1.807, 2.05) is 24.3 Å². The number of hydrogen-bond acceptors (Lipinski definition) is 4. The molecule has 0 saturated carbocycles. The third kappa shape index (κ3) is 8.67.